The number of benzene rings is 2. The maximum absolute atomic E-state index is 12.9. The standard InChI is InChI=1S/C18H12Cl2FNO2S/c19-14-2-1-3-15(20)17(14)22-18(23)16-8-11(10-25-16)9-24-13-6-4-12(21)5-7-13/h1-8,10H,9H2,(H,22,23). The topological polar surface area (TPSA) is 38.3 Å². The number of thiophene rings is 1. The molecule has 0 aliphatic heterocycles. The molecule has 0 saturated carbocycles. The number of rotatable bonds is 5. The average molecular weight is 396 g/mol. The van der Waals surface area contributed by atoms with Gasteiger partial charge >= 0.3 is 0 Å². The summed E-state index contributed by atoms with van der Waals surface area (Å²) in [5.41, 5.74) is 1.22. The lowest BCUT2D eigenvalue weighted by atomic mass is 10.3. The highest BCUT2D eigenvalue weighted by Crippen LogP contribution is 2.30. The zero-order valence-corrected chi connectivity index (χ0v) is 15.1. The Labute approximate surface area is 158 Å². The van der Waals surface area contributed by atoms with E-state index in [1.54, 1.807) is 36.4 Å². The molecule has 25 heavy (non-hydrogen) atoms. The molecule has 0 fully saturated rings. The molecular formula is C18H12Cl2FNO2S. The monoisotopic (exact) mass is 395 g/mol. The molecule has 1 heterocycles. The van der Waals surface area contributed by atoms with Gasteiger partial charge in [0, 0.05) is 5.56 Å². The van der Waals surface area contributed by atoms with E-state index in [1.165, 1.54) is 23.5 Å². The van der Waals surface area contributed by atoms with Crippen molar-refractivity contribution in [3.05, 3.63) is 80.2 Å². The second kappa shape index (κ2) is 7.87. The van der Waals surface area contributed by atoms with Crippen LogP contribution in [-0.4, -0.2) is 5.91 Å². The number of hydrogen-bond donors (Lipinski definition) is 1. The molecule has 1 N–H and O–H groups in total. The van der Waals surface area contributed by atoms with E-state index in [0.29, 0.717) is 26.4 Å². The molecule has 0 unspecified atom stereocenters. The second-order valence-corrected chi connectivity index (χ2v) is 6.84. The largest absolute Gasteiger partial charge is 0.489 e. The van der Waals surface area contributed by atoms with Crippen molar-refractivity contribution in [2.75, 3.05) is 5.32 Å². The molecular weight excluding hydrogens is 384 g/mol. The van der Waals surface area contributed by atoms with Crippen molar-refractivity contribution in [2.45, 2.75) is 6.61 Å². The summed E-state index contributed by atoms with van der Waals surface area (Å²) in [6.45, 7) is 0.280. The number of carbonyl (C=O) groups excluding carboxylic acids is 1. The van der Waals surface area contributed by atoms with Gasteiger partial charge in [0.1, 0.15) is 18.2 Å². The molecule has 0 bridgehead atoms. The lowest BCUT2D eigenvalue weighted by Crippen LogP contribution is -2.11. The number of nitrogens with one attached hydrogen (secondary N) is 1. The fourth-order valence-corrected chi connectivity index (χ4v) is 3.34. The van der Waals surface area contributed by atoms with Gasteiger partial charge in [-0.1, -0.05) is 29.3 Å². The molecule has 3 aromatic rings. The Morgan fingerprint density at radius 3 is 2.48 bits per heavy atom. The van der Waals surface area contributed by atoms with Crippen molar-refractivity contribution in [3.63, 3.8) is 0 Å². The van der Waals surface area contributed by atoms with Gasteiger partial charge in [0.15, 0.2) is 0 Å². The minimum absolute atomic E-state index is 0.280. The molecule has 0 atom stereocenters. The summed E-state index contributed by atoms with van der Waals surface area (Å²) >= 11 is 13.4. The molecule has 0 aliphatic carbocycles. The molecule has 3 rings (SSSR count). The van der Waals surface area contributed by atoms with Crippen LogP contribution in [0.25, 0.3) is 0 Å². The zero-order valence-electron chi connectivity index (χ0n) is 12.8. The van der Waals surface area contributed by atoms with E-state index in [0.717, 1.165) is 5.56 Å². The van der Waals surface area contributed by atoms with Gasteiger partial charge in [0.05, 0.1) is 20.6 Å². The molecule has 1 aromatic heterocycles. The van der Waals surface area contributed by atoms with Gasteiger partial charge in [-0.05, 0) is 47.8 Å². The maximum atomic E-state index is 12.9. The quantitative estimate of drug-likeness (QED) is 0.572. The minimum Gasteiger partial charge on any atom is -0.489 e. The second-order valence-electron chi connectivity index (χ2n) is 5.11. The van der Waals surface area contributed by atoms with Crippen molar-refractivity contribution in [3.8, 4) is 5.75 Å². The molecule has 0 radical (unpaired) electrons. The van der Waals surface area contributed by atoms with E-state index in [-0.39, 0.29) is 18.3 Å². The third-order valence-corrected chi connectivity index (χ3v) is 4.91. The lowest BCUT2D eigenvalue weighted by molar-refractivity contribution is 0.103. The van der Waals surface area contributed by atoms with Crippen LogP contribution < -0.4 is 10.1 Å². The van der Waals surface area contributed by atoms with Crippen LogP contribution in [-0.2, 0) is 6.61 Å². The lowest BCUT2D eigenvalue weighted by Gasteiger charge is -2.07. The van der Waals surface area contributed by atoms with Gasteiger partial charge in [-0.25, -0.2) is 4.39 Å². The van der Waals surface area contributed by atoms with E-state index in [9.17, 15) is 9.18 Å². The summed E-state index contributed by atoms with van der Waals surface area (Å²) in [6, 6.07) is 12.5. The summed E-state index contributed by atoms with van der Waals surface area (Å²) < 4.78 is 18.4. The number of hydrogen-bond acceptors (Lipinski definition) is 3. The Kier molecular flexibility index (Phi) is 5.58. The molecule has 0 spiro atoms. The van der Waals surface area contributed by atoms with Gasteiger partial charge in [-0.2, -0.15) is 0 Å². The van der Waals surface area contributed by atoms with Crippen LogP contribution in [0.3, 0.4) is 0 Å². The summed E-state index contributed by atoms with van der Waals surface area (Å²) in [6.07, 6.45) is 0. The highest BCUT2D eigenvalue weighted by Gasteiger charge is 2.13. The molecule has 0 saturated heterocycles. The first-order chi connectivity index (χ1) is 12.0. The Balaban J connectivity index is 1.64. The summed E-state index contributed by atoms with van der Waals surface area (Å²) in [7, 11) is 0. The number of ether oxygens (including phenoxy) is 1. The van der Waals surface area contributed by atoms with Gasteiger partial charge in [-0.3, -0.25) is 4.79 Å². The molecule has 2 aromatic carbocycles. The van der Waals surface area contributed by atoms with Crippen LogP contribution in [0.15, 0.2) is 53.9 Å². The summed E-state index contributed by atoms with van der Waals surface area (Å²) in [4.78, 5) is 12.9. The maximum Gasteiger partial charge on any atom is 0.265 e. The number of amides is 1. The predicted octanol–water partition coefficient (Wildman–Crippen LogP) is 6.03. The van der Waals surface area contributed by atoms with Crippen molar-refractivity contribution in [2.24, 2.45) is 0 Å². The highest BCUT2D eigenvalue weighted by molar-refractivity contribution is 7.12. The minimum atomic E-state index is -0.319. The van der Waals surface area contributed by atoms with Crippen LogP contribution in [0.5, 0.6) is 5.75 Å². The molecule has 1 amide bonds. The van der Waals surface area contributed by atoms with Crippen LogP contribution in [0.4, 0.5) is 10.1 Å². The Morgan fingerprint density at radius 2 is 1.80 bits per heavy atom. The van der Waals surface area contributed by atoms with E-state index in [2.05, 4.69) is 5.32 Å². The first-order valence-corrected chi connectivity index (χ1v) is 8.87. The van der Waals surface area contributed by atoms with Crippen molar-refractivity contribution < 1.29 is 13.9 Å². The predicted molar refractivity (Wildman–Crippen MR) is 99.5 cm³/mol. The van der Waals surface area contributed by atoms with Crippen LogP contribution in [0, 0.1) is 5.82 Å². The fourth-order valence-electron chi connectivity index (χ4n) is 2.06. The van der Waals surface area contributed by atoms with Gasteiger partial charge in [-0.15, -0.1) is 11.3 Å². The number of carbonyl (C=O) groups is 1. The summed E-state index contributed by atoms with van der Waals surface area (Å²) in [5.74, 6) is -0.0606. The van der Waals surface area contributed by atoms with Crippen LogP contribution >= 0.6 is 34.5 Å². The third-order valence-electron chi connectivity index (χ3n) is 3.30. The first-order valence-electron chi connectivity index (χ1n) is 7.24. The first kappa shape index (κ1) is 17.7. The van der Waals surface area contributed by atoms with Crippen molar-refractivity contribution >= 4 is 46.1 Å². The van der Waals surface area contributed by atoms with Gasteiger partial charge in [0.2, 0.25) is 0 Å². The number of halogens is 3. The summed E-state index contributed by atoms with van der Waals surface area (Å²) in [5, 5.41) is 5.28. The van der Waals surface area contributed by atoms with E-state index in [4.69, 9.17) is 27.9 Å². The SMILES string of the molecule is O=C(Nc1c(Cl)cccc1Cl)c1cc(COc2ccc(F)cc2)cs1. The third kappa shape index (κ3) is 4.51. The molecule has 128 valence electrons. The molecule has 7 heteroatoms. The van der Waals surface area contributed by atoms with E-state index < -0.39 is 0 Å². The number of anilines is 1. The van der Waals surface area contributed by atoms with Crippen molar-refractivity contribution in [1.82, 2.24) is 0 Å². The Bertz CT molecular complexity index is 876. The smallest absolute Gasteiger partial charge is 0.265 e. The van der Waals surface area contributed by atoms with E-state index in [1.807, 2.05) is 5.38 Å². The van der Waals surface area contributed by atoms with Crippen LogP contribution in [0.1, 0.15) is 15.2 Å². The van der Waals surface area contributed by atoms with Crippen LogP contribution in [0.2, 0.25) is 10.0 Å². The average Bonchev–Trinajstić information content (AvgIpc) is 3.07. The number of para-hydroxylation sites is 1. The fraction of sp³-hybridized carbons (Fsp3) is 0.0556. The Hall–Kier alpha value is -2.08. The zero-order chi connectivity index (χ0) is 17.8. The Morgan fingerprint density at radius 1 is 1.12 bits per heavy atom. The van der Waals surface area contributed by atoms with Crippen molar-refractivity contribution in [1.29, 1.82) is 0 Å². The van der Waals surface area contributed by atoms with Gasteiger partial charge in [0.25, 0.3) is 5.91 Å². The van der Waals surface area contributed by atoms with Gasteiger partial charge < -0.3 is 10.1 Å². The highest BCUT2D eigenvalue weighted by atomic mass is 35.5. The normalized spacial score (nSPS) is 10.5. The van der Waals surface area contributed by atoms with E-state index >= 15 is 0 Å². The molecule has 0 aliphatic rings. The molecule has 3 nitrogen and oxygen atoms in total.